The number of fused-ring (bicyclic) bond motifs is 1. The summed E-state index contributed by atoms with van der Waals surface area (Å²) in [7, 11) is 0. The number of carbonyl (C=O) groups is 1. The third-order valence-electron chi connectivity index (χ3n) is 4.01. The van der Waals surface area contributed by atoms with E-state index in [0.717, 1.165) is 24.6 Å². The van der Waals surface area contributed by atoms with Gasteiger partial charge in [0, 0.05) is 30.6 Å². The summed E-state index contributed by atoms with van der Waals surface area (Å²) >= 11 is 1.86. The van der Waals surface area contributed by atoms with E-state index in [0.29, 0.717) is 0 Å². The highest BCUT2D eigenvalue weighted by molar-refractivity contribution is 7.99. The molecule has 4 heteroatoms. The van der Waals surface area contributed by atoms with Gasteiger partial charge in [-0.05, 0) is 16.3 Å². The zero-order chi connectivity index (χ0) is 14.7. The van der Waals surface area contributed by atoms with Crippen LogP contribution in [0.3, 0.4) is 0 Å². The Bertz CT molecular complexity index is 638. The highest BCUT2D eigenvalue weighted by Gasteiger charge is 2.25. The molecule has 2 aromatic rings. The number of rotatable bonds is 4. The van der Waals surface area contributed by atoms with E-state index in [2.05, 4.69) is 47.4 Å². The van der Waals surface area contributed by atoms with E-state index >= 15 is 0 Å². The van der Waals surface area contributed by atoms with E-state index in [1.807, 2.05) is 11.8 Å². The van der Waals surface area contributed by atoms with Crippen molar-refractivity contribution in [2.75, 3.05) is 18.1 Å². The van der Waals surface area contributed by atoms with Crippen LogP contribution in [-0.2, 0) is 11.3 Å². The summed E-state index contributed by atoms with van der Waals surface area (Å²) in [6, 6.07) is 14.9. The second-order valence-corrected chi connectivity index (χ2v) is 6.59. The number of carboxylic acid groups (broad SMARTS) is 1. The molecule has 0 amide bonds. The summed E-state index contributed by atoms with van der Waals surface area (Å²) in [5, 5.41) is 11.6. The molecule has 1 atom stereocenters. The Morgan fingerprint density at radius 1 is 1.24 bits per heavy atom. The maximum Gasteiger partial charge on any atom is 0.304 e. The zero-order valence-electron chi connectivity index (χ0n) is 11.9. The number of benzene rings is 2. The molecule has 0 bridgehead atoms. The normalized spacial score (nSPS) is 19.7. The molecule has 0 aliphatic carbocycles. The number of hydrogen-bond donors (Lipinski definition) is 1. The van der Waals surface area contributed by atoms with Gasteiger partial charge in [0.05, 0.1) is 6.42 Å². The number of carboxylic acids is 1. The Hall–Kier alpha value is -1.52. The van der Waals surface area contributed by atoms with Crippen LogP contribution in [0.4, 0.5) is 0 Å². The van der Waals surface area contributed by atoms with Gasteiger partial charge in [-0.2, -0.15) is 11.8 Å². The van der Waals surface area contributed by atoms with E-state index in [1.165, 1.54) is 16.3 Å². The van der Waals surface area contributed by atoms with Gasteiger partial charge >= 0.3 is 5.97 Å². The van der Waals surface area contributed by atoms with Crippen molar-refractivity contribution in [1.82, 2.24) is 4.90 Å². The molecular weight excluding hydrogens is 282 g/mol. The van der Waals surface area contributed by atoms with Gasteiger partial charge in [0.15, 0.2) is 0 Å². The minimum atomic E-state index is -0.703. The highest BCUT2D eigenvalue weighted by Crippen LogP contribution is 2.25. The SMILES string of the molecule is O=C(O)CC1CSCCN1Cc1cccc2ccccc12. The summed E-state index contributed by atoms with van der Waals surface area (Å²) in [6.45, 7) is 1.80. The van der Waals surface area contributed by atoms with Crippen LogP contribution < -0.4 is 0 Å². The summed E-state index contributed by atoms with van der Waals surface area (Å²) in [6.07, 6.45) is 0.234. The molecule has 1 saturated heterocycles. The third-order valence-corrected chi connectivity index (χ3v) is 5.10. The van der Waals surface area contributed by atoms with E-state index in [4.69, 9.17) is 5.11 Å². The van der Waals surface area contributed by atoms with E-state index < -0.39 is 5.97 Å². The van der Waals surface area contributed by atoms with Gasteiger partial charge < -0.3 is 5.11 Å². The Balaban J connectivity index is 1.84. The standard InChI is InChI=1S/C17H19NO2S/c19-17(20)10-15-12-21-9-8-18(15)11-14-6-3-5-13-4-1-2-7-16(13)14/h1-7,15H,8-12H2,(H,19,20). The predicted octanol–water partition coefficient (Wildman–Crippen LogP) is 3.23. The Labute approximate surface area is 129 Å². The number of thioether (sulfide) groups is 1. The maximum absolute atomic E-state index is 11.0. The summed E-state index contributed by atoms with van der Waals surface area (Å²) in [5.41, 5.74) is 1.29. The first kappa shape index (κ1) is 14.4. The molecule has 1 unspecified atom stereocenters. The van der Waals surface area contributed by atoms with Crippen molar-refractivity contribution in [2.24, 2.45) is 0 Å². The molecule has 1 heterocycles. The van der Waals surface area contributed by atoms with Gasteiger partial charge in [-0.25, -0.2) is 0 Å². The highest BCUT2D eigenvalue weighted by atomic mass is 32.2. The van der Waals surface area contributed by atoms with Crippen molar-refractivity contribution >= 4 is 28.5 Å². The van der Waals surface area contributed by atoms with Crippen LogP contribution in [0.15, 0.2) is 42.5 Å². The topological polar surface area (TPSA) is 40.5 Å². The molecule has 1 fully saturated rings. The zero-order valence-corrected chi connectivity index (χ0v) is 12.7. The molecule has 21 heavy (non-hydrogen) atoms. The first-order chi connectivity index (χ1) is 10.2. The number of aliphatic carboxylic acids is 1. The first-order valence-corrected chi connectivity index (χ1v) is 8.40. The lowest BCUT2D eigenvalue weighted by Gasteiger charge is -2.34. The smallest absolute Gasteiger partial charge is 0.304 e. The minimum Gasteiger partial charge on any atom is -0.481 e. The second-order valence-electron chi connectivity index (χ2n) is 5.44. The fourth-order valence-electron chi connectivity index (χ4n) is 2.94. The van der Waals surface area contributed by atoms with Gasteiger partial charge in [0.1, 0.15) is 0 Å². The molecule has 0 aromatic heterocycles. The van der Waals surface area contributed by atoms with Gasteiger partial charge in [-0.3, -0.25) is 9.69 Å². The lowest BCUT2D eigenvalue weighted by Crippen LogP contribution is -2.42. The maximum atomic E-state index is 11.0. The van der Waals surface area contributed by atoms with Crippen LogP contribution in [0.25, 0.3) is 10.8 Å². The molecule has 1 N–H and O–H groups in total. The van der Waals surface area contributed by atoms with Crippen molar-refractivity contribution < 1.29 is 9.90 Å². The van der Waals surface area contributed by atoms with E-state index in [-0.39, 0.29) is 12.5 Å². The van der Waals surface area contributed by atoms with Crippen molar-refractivity contribution in [3.63, 3.8) is 0 Å². The molecule has 3 nitrogen and oxygen atoms in total. The average molecular weight is 301 g/mol. The van der Waals surface area contributed by atoms with Crippen LogP contribution in [0, 0.1) is 0 Å². The van der Waals surface area contributed by atoms with E-state index in [9.17, 15) is 4.79 Å². The average Bonchev–Trinajstić information content (AvgIpc) is 2.49. The van der Waals surface area contributed by atoms with Crippen molar-refractivity contribution in [2.45, 2.75) is 19.0 Å². The minimum absolute atomic E-state index is 0.139. The van der Waals surface area contributed by atoms with Gasteiger partial charge in [-0.1, -0.05) is 42.5 Å². The molecule has 110 valence electrons. The molecular formula is C17H19NO2S. The molecule has 3 rings (SSSR count). The van der Waals surface area contributed by atoms with Crippen LogP contribution in [0.1, 0.15) is 12.0 Å². The monoisotopic (exact) mass is 301 g/mol. The fourth-order valence-corrected chi connectivity index (χ4v) is 4.07. The van der Waals surface area contributed by atoms with Crippen molar-refractivity contribution in [1.29, 1.82) is 0 Å². The molecule has 0 spiro atoms. The van der Waals surface area contributed by atoms with Crippen LogP contribution in [0.2, 0.25) is 0 Å². The Morgan fingerprint density at radius 3 is 2.90 bits per heavy atom. The second kappa shape index (κ2) is 6.50. The molecule has 0 saturated carbocycles. The Kier molecular flexibility index (Phi) is 4.46. The Morgan fingerprint density at radius 2 is 2.05 bits per heavy atom. The lowest BCUT2D eigenvalue weighted by atomic mass is 10.0. The van der Waals surface area contributed by atoms with Gasteiger partial charge in [0.25, 0.3) is 0 Å². The van der Waals surface area contributed by atoms with Crippen molar-refractivity contribution in [3.8, 4) is 0 Å². The molecule has 1 aliphatic heterocycles. The van der Waals surface area contributed by atoms with Crippen molar-refractivity contribution in [3.05, 3.63) is 48.0 Å². The largest absolute Gasteiger partial charge is 0.481 e. The summed E-state index contributed by atoms with van der Waals surface area (Å²) < 4.78 is 0. The summed E-state index contributed by atoms with van der Waals surface area (Å²) in [5.74, 6) is 1.29. The fraction of sp³-hybridized carbons (Fsp3) is 0.353. The molecule has 2 aromatic carbocycles. The van der Waals surface area contributed by atoms with Gasteiger partial charge in [0.2, 0.25) is 0 Å². The van der Waals surface area contributed by atoms with E-state index in [1.54, 1.807) is 0 Å². The predicted molar refractivity (Wildman–Crippen MR) is 87.7 cm³/mol. The van der Waals surface area contributed by atoms with Gasteiger partial charge in [-0.15, -0.1) is 0 Å². The third kappa shape index (κ3) is 3.39. The molecule has 0 radical (unpaired) electrons. The first-order valence-electron chi connectivity index (χ1n) is 7.24. The quantitative estimate of drug-likeness (QED) is 0.941. The van der Waals surface area contributed by atoms with Crippen LogP contribution in [0.5, 0.6) is 0 Å². The van der Waals surface area contributed by atoms with Crippen LogP contribution in [-0.4, -0.2) is 40.1 Å². The summed E-state index contributed by atoms with van der Waals surface area (Å²) in [4.78, 5) is 13.4. The molecule has 1 aliphatic rings. The lowest BCUT2D eigenvalue weighted by molar-refractivity contribution is -0.138. The van der Waals surface area contributed by atoms with Crippen LogP contribution >= 0.6 is 11.8 Å². The number of hydrogen-bond acceptors (Lipinski definition) is 3. The number of nitrogens with zero attached hydrogens (tertiary/aromatic N) is 1.